The van der Waals surface area contributed by atoms with E-state index in [9.17, 15) is 4.79 Å². The Hall–Kier alpha value is -0.610. The van der Waals surface area contributed by atoms with Gasteiger partial charge in [-0.05, 0) is 50.9 Å². The fourth-order valence-corrected chi connectivity index (χ4v) is 3.65. The number of hydrogen-bond donors (Lipinski definition) is 2. The van der Waals surface area contributed by atoms with Gasteiger partial charge >= 0.3 is 0 Å². The van der Waals surface area contributed by atoms with E-state index in [-0.39, 0.29) is 24.6 Å². The van der Waals surface area contributed by atoms with Gasteiger partial charge in [0.2, 0.25) is 5.91 Å². The summed E-state index contributed by atoms with van der Waals surface area (Å²) in [6, 6.07) is 0.433. The van der Waals surface area contributed by atoms with Crippen LogP contribution in [-0.2, 0) is 4.79 Å². The molecule has 0 aromatic heterocycles. The lowest BCUT2D eigenvalue weighted by Gasteiger charge is -2.41. The molecule has 2 rings (SSSR count). The summed E-state index contributed by atoms with van der Waals surface area (Å²) >= 11 is 0. The Morgan fingerprint density at radius 1 is 1.32 bits per heavy atom. The minimum absolute atomic E-state index is 0.100. The molecule has 4 nitrogen and oxygen atoms in total. The van der Waals surface area contributed by atoms with Gasteiger partial charge in [-0.15, -0.1) is 0 Å². The summed E-state index contributed by atoms with van der Waals surface area (Å²) in [5.41, 5.74) is 6.04. The van der Waals surface area contributed by atoms with Crippen molar-refractivity contribution in [3.05, 3.63) is 0 Å². The second kappa shape index (κ2) is 6.71. The zero-order valence-corrected chi connectivity index (χ0v) is 12.1. The molecule has 4 atom stereocenters. The predicted octanol–water partition coefficient (Wildman–Crippen LogP) is 1.51. The van der Waals surface area contributed by atoms with Gasteiger partial charge in [0.15, 0.2) is 0 Å². The monoisotopic (exact) mass is 268 g/mol. The van der Waals surface area contributed by atoms with Gasteiger partial charge < -0.3 is 15.7 Å². The fourth-order valence-electron chi connectivity index (χ4n) is 3.65. The highest BCUT2D eigenvalue weighted by molar-refractivity contribution is 5.79. The van der Waals surface area contributed by atoms with Crippen molar-refractivity contribution in [1.29, 1.82) is 0 Å². The largest absolute Gasteiger partial charge is 0.396 e. The van der Waals surface area contributed by atoms with Crippen LogP contribution in [0.15, 0.2) is 0 Å². The van der Waals surface area contributed by atoms with Gasteiger partial charge in [-0.1, -0.05) is 6.92 Å². The first-order chi connectivity index (χ1) is 9.13. The maximum Gasteiger partial charge on any atom is 0.226 e. The molecule has 4 unspecified atom stereocenters. The highest BCUT2D eigenvalue weighted by atomic mass is 16.3. The highest BCUT2D eigenvalue weighted by Crippen LogP contribution is 2.32. The molecular formula is C15H28N2O2. The lowest BCUT2D eigenvalue weighted by molar-refractivity contribution is -0.142. The van der Waals surface area contributed by atoms with Crippen molar-refractivity contribution in [2.24, 2.45) is 17.6 Å². The second-order valence-electron chi connectivity index (χ2n) is 6.35. The first kappa shape index (κ1) is 14.8. The van der Waals surface area contributed by atoms with Crippen LogP contribution in [0.2, 0.25) is 0 Å². The molecule has 1 heterocycles. The van der Waals surface area contributed by atoms with E-state index >= 15 is 0 Å². The van der Waals surface area contributed by atoms with Crippen LogP contribution in [0.3, 0.4) is 0 Å². The number of aliphatic hydroxyl groups is 1. The molecule has 1 aliphatic carbocycles. The van der Waals surface area contributed by atoms with Gasteiger partial charge in [-0.25, -0.2) is 0 Å². The molecule has 3 N–H and O–H groups in total. The van der Waals surface area contributed by atoms with E-state index in [1.807, 2.05) is 4.90 Å². The highest BCUT2D eigenvalue weighted by Gasteiger charge is 2.36. The maximum absolute atomic E-state index is 12.8. The maximum atomic E-state index is 12.8. The molecule has 0 aromatic carbocycles. The summed E-state index contributed by atoms with van der Waals surface area (Å²) < 4.78 is 0. The molecular weight excluding hydrogens is 240 g/mol. The van der Waals surface area contributed by atoms with Gasteiger partial charge in [0.1, 0.15) is 0 Å². The third kappa shape index (κ3) is 3.48. The zero-order chi connectivity index (χ0) is 13.8. The molecule has 1 aliphatic heterocycles. The Balaban J connectivity index is 2.03. The third-order valence-electron chi connectivity index (χ3n) is 4.93. The molecule has 0 spiro atoms. The number of carbonyl (C=O) groups is 1. The van der Waals surface area contributed by atoms with Gasteiger partial charge in [0.05, 0.1) is 0 Å². The Bertz CT molecular complexity index is 307. The van der Waals surface area contributed by atoms with E-state index in [1.165, 1.54) is 6.42 Å². The van der Waals surface area contributed by atoms with Crippen molar-refractivity contribution in [3.8, 4) is 0 Å². The van der Waals surface area contributed by atoms with Gasteiger partial charge in [0.25, 0.3) is 0 Å². The summed E-state index contributed by atoms with van der Waals surface area (Å²) in [5.74, 6) is 0.841. The number of rotatable bonds is 3. The Labute approximate surface area is 116 Å². The van der Waals surface area contributed by atoms with Crippen LogP contribution < -0.4 is 5.73 Å². The van der Waals surface area contributed by atoms with E-state index in [0.717, 1.165) is 45.1 Å². The molecule has 0 bridgehead atoms. The minimum Gasteiger partial charge on any atom is -0.396 e. The number of nitrogens with zero attached hydrogens (tertiary/aromatic N) is 1. The third-order valence-corrected chi connectivity index (χ3v) is 4.93. The Kier molecular flexibility index (Phi) is 5.22. The summed E-state index contributed by atoms with van der Waals surface area (Å²) in [6.07, 6.45) is 6.98. The van der Waals surface area contributed by atoms with E-state index in [0.29, 0.717) is 11.8 Å². The van der Waals surface area contributed by atoms with Gasteiger partial charge in [0, 0.05) is 31.2 Å². The standard InChI is InChI=1S/C15H28N2O2/c1-11-5-6-12(16)10-14(11)15(19)17-8-3-2-4-13(17)7-9-18/h11-14,18H,2-10,16H2,1H3. The van der Waals surface area contributed by atoms with Crippen molar-refractivity contribution in [2.75, 3.05) is 13.2 Å². The average Bonchev–Trinajstić information content (AvgIpc) is 2.42. The normalized spacial score (nSPS) is 36.3. The van der Waals surface area contributed by atoms with E-state index in [1.54, 1.807) is 0 Å². The first-order valence-electron chi connectivity index (χ1n) is 7.80. The van der Waals surface area contributed by atoms with Gasteiger partial charge in [-0.3, -0.25) is 4.79 Å². The van der Waals surface area contributed by atoms with Crippen molar-refractivity contribution in [2.45, 2.75) is 64.0 Å². The molecule has 1 saturated carbocycles. The van der Waals surface area contributed by atoms with E-state index in [4.69, 9.17) is 10.8 Å². The number of piperidine rings is 1. The van der Waals surface area contributed by atoms with Crippen LogP contribution in [-0.4, -0.2) is 41.1 Å². The fraction of sp³-hybridized carbons (Fsp3) is 0.933. The smallest absolute Gasteiger partial charge is 0.226 e. The van der Waals surface area contributed by atoms with Crippen LogP contribution in [0, 0.1) is 11.8 Å². The molecule has 0 aromatic rings. The van der Waals surface area contributed by atoms with Crippen molar-refractivity contribution >= 4 is 5.91 Å². The summed E-state index contributed by atoms with van der Waals surface area (Å²) in [5, 5.41) is 9.16. The molecule has 1 amide bonds. The number of aliphatic hydroxyl groups excluding tert-OH is 1. The minimum atomic E-state index is 0.100. The number of amides is 1. The summed E-state index contributed by atoms with van der Waals surface area (Å²) in [4.78, 5) is 14.8. The van der Waals surface area contributed by atoms with E-state index < -0.39 is 0 Å². The summed E-state index contributed by atoms with van der Waals surface area (Å²) in [7, 11) is 0. The van der Waals surface area contributed by atoms with Gasteiger partial charge in [-0.2, -0.15) is 0 Å². The number of likely N-dealkylation sites (tertiary alicyclic amines) is 1. The predicted molar refractivity (Wildman–Crippen MR) is 75.5 cm³/mol. The van der Waals surface area contributed by atoms with Crippen molar-refractivity contribution < 1.29 is 9.90 Å². The van der Waals surface area contributed by atoms with Crippen LogP contribution in [0.1, 0.15) is 51.9 Å². The number of carbonyl (C=O) groups excluding carboxylic acids is 1. The Morgan fingerprint density at radius 3 is 2.84 bits per heavy atom. The molecule has 1 saturated heterocycles. The van der Waals surface area contributed by atoms with Crippen LogP contribution in [0.25, 0.3) is 0 Å². The lowest BCUT2D eigenvalue weighted by Crippen LogP contribution is -2.50. The lowest BCUT2D eigenvalue weighted by atomic mass is 9.77. The second-order valence-corrected chi connectivity index (χ2v) is 6.35. The molecule has 110 valence electrons. The number of nitrogens with two attached hydrogens (primary N) is 1. The SMILES string of the molecule is CC1CCC(N)CC1C(=O)N1CCCCC1CCO. The first-order valence-corrected chi connectivity index (χ1v) is 7.80. The average molecular weight is 268 g/mol. The topological polar surface area (TPSA) is 66.6 Å². The quantitative estimate of drug-likeness (QED) is 0.815. The molecule has 19 heavy (non-hydrogen) atoms. The molecule has 2 aliphatic rings. The Morgan fingerprint density at radius 2 is 2.11 bits per heavy atom. The van der Waals surface area contributed by atoms with E-state index in [2.05, 4.69) is 6.92 Å². The zero-order valence-electron chi connectivity index (χ0n) is 12.1. The van der Waals surface area contributed by atoms with Crippen molar-refractivity contribution in [3.63, 3.8) is 0 Å². The molecule has 0 radical (unpaired) electrons. The van der Waals surface area contributed by atoms with Crippen LogP contribution in [0.5, 0.6) is 0 Å². The molecule has 4 heteroatoms. The van der Waals surface area contributed by atoms with Crippen LogP contribution >= 0.6 is 0 Å². The van der Waals surface area contributed by atoms with Crippen LogP contribution in [0.4, 0.5) is 0 Å². The molecule has 2 fully saturated rings. The number of hydrogen-bond acceptors (Lipinski definition) is 3. The summed E-state index contributed by atoms with van der Waals surface area (Å²) in [6.45, 7) is 3.22. The van der Waals surface area contributed by atoms with Crippen molar-refractivity contribution in [1.82, 2.24) is 4.90 Å².